The lowest BCUT2D eigenvalue weighted by Crippen LogP contribution is -2.05. The number of rotatable bonds is 6. The predicted octanol–water partition coefficient (Wildman–Crippen LogP) is 3.11. The molecule has 0 aliphatic heterocycles. The second-order valence-corrected chi connectivity index (χ2v) is 5.02. The Balaban J connectivity index is 1.68. The van der Waals surface area contributed by atoms with Crippen LogP contribution < -0.4 is 9.47 Å². The van der Waals surface area contributed by atoms with E-state index in [4.69, 9.17) is 18.7 Å². The maximum atomic E-state index is 12.1. The highest BCUT2D eigenvalue weighted by molar-refractivity contribution is 5.89. The molecule has 0 aliphatic rings. The van der Waals surface area contributed by atoms with Gasteiger partial charge >= 0.3 is 5.97 Å². The zero-order chi connectivity index (χ0) is 17.6. The first-order valence-electron chi connectivity index (χ1n) is 7.48. The Labute approximate surface area is 144 Å². The third kappa shape index (κ3) is 3.77. The molecule has 7 nitrogen and oxygen atoms in total. The molecule has 25 heavy (non-hydrogen) atoms. The molecule has 0 spiro atoms. The monoisotopic (exact) mass is 340 g/mol. The van der Waals surface area contributed by atoms with Gasteiger partial charge in [0.1, 0.15) is 11.5 Å². The molecule has 7 heteroatoms. The lowest BCUT2D eigenvalue weighted by Gasteiger charge is -2.04. The number of hydrogen-bond donors (Lipinski definition) is 0. The van der Waals surface area contributed by atoms with Crippen LogP contribution in [-0.2, 0) is 11.3 Å². The summed E-state index contributed by atoms with van der Waals surface area (Å²) in [6.45, 7) is -0.127. The van der Waals surface area contributed by atoms with Crippen molar-refractivity contribution in [1.29, 1.82) is 0 Å². The van der Waals surface area contributed by atoms with E-state index in [1.807, 2.05) is 18.2 Å². The van der Waals surface area contributed by atoms with Crippen LogP contribution in [0.1, 0.15) is 16.2 Å². The molecule has 2 aromatic carbocycles. The quantitative estimate of drug-likeness (QED) is 0.637. The summed E-state index contributed by atoms with van der Waals surface area (Å²) in [5, 5.41) is 3.90. The van der Waals surface area contributed by atoms with Crippen molar-refractivity contribution in [3.05, 3.63) is 60.0 Å². The number of para-hydroxylation sites is 1. The van der Waals surface area contributed by atoms with Crippen molar-refractivity contribution in [2.45, 2.75) is 6.61 Å². The van der Waals surface area contributed by atoms with Crippen molar-refractivity contribution in [3.63, 3.8) is 0 Å². The molecule has 0 unspecified atom stereocenters. The highest BCUT2D eigenvalue weighted by Crippen LogP contribution is 2.27. The standard InChI is InChI=1S/C18H16N2O5/c1-22-13-7-5-6-12(10-13)18(21)24-11-16-19-17(20-25-16)14-8-3-4-9-15(14)23-2/h3-10H,11H2,1-2H3. The molecule has 1 heterocycles. The first kappa shape index (κ1) is 16.5. The molecule has 0 aliphatic carbocycles. The summed E-state index contributed by atoms with van der Waals surface area (Å²) in [4.78, 5) is 16.3. The van der Waals surface area contributed by atoms with E-state index in [1.165, 1.54) is 7.11 Å². The molecule has 3 rings (SSSR count). The van der Waals surface area contributed by atoms with Crippen molar-refractivity contribution in [1.82, 2.24) is 10.1 Å². The van der Waals surface area contributed by atoms with Gasteiger partial charge in [0.25, 0.3) is 5.89 Å². The van der Waals surface area contributed by atoms with E-state index in [-0.39, 0.29) is 12.5 Å². The number of hydrogen-bond acceptors (Lipinski definition) is 7. The van der Waals surface area contributed by atoms with E-state index in [9.17, 15) is 4.79 Å². The Morgan fingerprint density at radius 1 is 1.08 bits per heavy atom. The van der Waals surface area contributed by atoms with Gasteiger partial charge in [-0.25, -0.2) is 4.79 Å². The maximum Gasteiger partial charge on any atom is 0.338 e. The third-order valence-electron chi connectivity index (χ3n) is 3.45. The van der Waals surface area contributed by atoms with Crippen LogP contribution in [0.5, 0.6) is 11.5 Å². The average Bonchev–Trinajstić information content (AvgIpc) is 3.15. The molecule has 0 amide bonds. The summed E-state index contributed by atoms with van der Waals surface area (Å²) in [6.07, 6.45) is 0. The average molecular weight is 340 g/mol. The zero-order valence-corrected chi connectivity index (χ0v) is 13.8. The lowest BCUT2D eigenvalue weighted by atomic mass is 10.2. The van der Waals surface area contributed by atoms with Crippen LogP contribution in [0.4, 0.5) is 0 Å². The van der Waals surface area contributed by atoms with Crippen molar-refractivity contribution in [3.8, 4) is 22.9 Å². The van der Waals surface area contributed by atoms with Crippen LogP contribution in [0.2, 0.25) is 0 Å². The number of methoxy groups -OCH3 is 2. The summed E-state index contributed by atoms with van der Waals surface area (Å²) in [6, 6.07) is 14.0. The Kier molecular flexibility index (Phi) is 4.94. The molecule has 0 atom stereocenters. The van der Waals surface area contributed by atoms with Crippen molar-refractivity contribution >= 4 is 5.97 Å². The largest absolute Gasteiger partial charge is 0.497 e. The van der Waals surface area contributed by atoms with Crippen molar-refractivity contribution in [2.75, 3.05) is 14.2 Å². The Hall–Kier alpha value is -3.35. The predicted molar refractivity (Wildman–Crippen MR) is 88.4 cm³/mol. The first-order chi connectivity index (χ1) is 12.2. The number of ether oxygens (including phenoxy) is 3. The van der Waals surface area contributed by atoms with Gasteiger partial charge in [0.05, 0.1) is 25.3 Å². The normalized spacial score (nSPS) is 10.3. The van der Waals surface area contributed by atoms with Crippen LogP contribution in [-0.4, -0.2) is 30.3 Å². The number of benzene rings is 2. The minimum absolute atomic E-state index is 0.127. The molecule has 0 radical (unpaired) electrons. The van der Waals surface area contributed by atoms with Crippen LogP contribution in [0.25, 0.3) is 11.4 Å². The molecular weight excluding hydrogens is 324 g/mol. The smallest absolute Gasteiger partial charge is 0.338 e. The van der Waals surface area contributed by atoms with Gasteiger partial charge in [-0.1, -0.05) is 23.4 Å². The van der Waals surface area contributed by atoms with Crippen LogP contribution >= 0.6 is 0 Å². The maximum absolute atomic E-state index is 12.1. The van der Waals surface area contributed by atoms with E-state index in [1.54, 1.807) is 37.4 Å². The van der Waals surface area contributed by atoms with Gasteiger partial charge in [-0.3, -0.25) is 0 Å². The highest BCUT2D eigenvalue weighted by atomic mass is 16.6. The van der Waals surface area contributed by atoms with E-state index in [0.29, 0.717) is 28.5 Å². The minimum atomic E-state index is -0.504. The number of carbonyl (C=O) groups excluding carboxylic acids is 1. The summed E-state index contributed by atoms with van der Waals surface area (Å²) < 4.78 is 20.7. The van der Waals surface area contributed by atoms with Gasteiger partial charge in [0, 0.05) is 0 Å². The van der Waals surface area contributed by atoms with Gasteiger partial charge < -0.3 is 18.7 Å². The molecule has 0 bridgehead atoms. The highest BCUT2D eigenvalue weighted by Gasteiger charge is 2.15. The van der Waals surface area contributed by atoms with E-state index in [0.717, 1.165) is 0 Å². The molecule has 0 fully saturated rings. The second-order valence-electron chi connectivity index (χ2n) is 5.02. The Morgan fingerprint density at radius 2 is 1.92 bits per heavy atom. The topological polar surface area (TPSA) is 83.7 Å². The Bertz CT molecular complexity index is 875. The fourth-order valence-electron chi connectivity index (χ4n) is 2.21. The number of nitrogens with zero attached hydrogens (tertiary/aromatic N) is 2. The summed E-state index contributed by atoms with van der Waals surface area (Å²) in [7, 11) is 3.10. The summed E-state index contributed by atoms with van der Waals surface area (Å²) >= 11 is 0. The fraction of sp³-hybridized carbons (Fsp3) is 0.167. The fourth-order valence-corrected chi connectivity index (χ4v) is 2.21. The molecular formula is C18H16N2O5. The lowest BCUT2D eigenvalue weighted by molar-refractivity contribution is 0.0429. The second kappa shape index (κ2) is 7.48. The first-order valence-corrected chi connectivity index (χ1v) is 7.48. The van der Waals surface area contributed by atoms with Gasteiger partial charge in [-0.2, -0.15) is 4.98 Å². The Morgan fingerprint density at radius 3 is 2.72 bits per heavy atom. The van der Waals surface area contributed by atoms with Gasteiger partial charge in [0.15, 0.2) is 6.61 Å². The minimum Gasteiger partial charge on any atom is -0.497 e. The van der Waals surface area contributed by atoms with Crippen LogP contribution in [0.15, 0.2) is 53.1 Å². The molecule has 3 aromatic rings. The van der Waals surface area contributed by atoms with Gasteiger partial charge in [0.2, 0.25) is 5.82 Å². The van der Waals surface area contributed by atoms with Crippen molar-refractivity contribution < 1.29 is 23.5 Å². The molecule has 0 N–H and O–H groups in total. The van der Waals surface area contributed by atoms with E-state index < -0.39 is 5.97 Å². The van der Waals surface area contributed by atoms with Gasteiger partial charge in [-0.15, -0.1) is 0 Å². The molecule has 1 aromatic heterocycles. The van der Waals surface area contributed by atoms with E-state index >= 15 is 0 Å². The number of aromatic nitrogens is 2. The molecule has 0 saturated carbocycles. The summed E-state index contributed by atoms with van der Waals surface area (Å²) in [5.41, 5.74) is 1.07. The van der Waals surface area contributed by atoms with Crippen LogP contribution in [0.3, 0.4) is 0 Å². The zero-order valence-electron chi connectivity index (χ0n) is 13.8. The third-order valence-corrected chi connectivity index (χ3v) is 3.45. The molecule has 128 valence electrons. The number of esters is 1. The molecule has 0 saturated heterocycles. The van der Waals surface area contributed by atoms with E-state index in [2.05, 4.69) is 10.1 Å². The number of carbonyl (C=O) groups is 1. The van der Waals surface area contributed by atoms with Crippen LogP contribution in [0, 0.1) is 0 Å². The SMILES string of the molecule is COc1cccc(C(=O)OCc2nc(-c3ccccc3OC)no2)c1. The van der Waals surface area contributed by atoms with Crippen molar-refractivity contribution in [2.24, 2.45) is 0 Å². The summed E-state index contributed by atoms with van der Waals surface area (Å²) in [5.74, 6) is 1.26. The van der Waals surface area contributed by atoms with Gasteiger partial charge in [-0.05, 0) is 30.3 Å².